The van der Waals surface area contributed by atoms with Crippen molar-refractivity contribution in [3.8, 4) is 0 Å². The first kappa shape index (κ1) is 22.8. The second-order valence-electron chi connectivity index (χ2n) is 1.34. The van der Waals surface area contributed by atoms with Crippen LogP contribution in [0.1, 0.15) is 0 Å². The van der Waals surface area contributed by atoms with E-state index in [-0.39, 0.29) is 94.0 Å². The van der Waals surface area contributed by atoms with E-state index in [0.717, 1.165) is 0 Å². The Balaban J connectivity index is -0.0000000417. The van der Waals surface area contributed by atoms with Gasteiger partial charge in [-0.15, -0.1) is 22.0 Å². The summed E-state index contributed by atoms with van der Waals surface area (Å²) in [5, 5.41) is 0. The third kappa shape index (κ3) is 24.6. The summed E-state index contributed by atoms with van der Waals surface area (Å²) >= 11 is 0. The van der Waals surface area contributed by atoms with Crippen LogP contribution in [0.2, 0.25) is 0 Å². The zero-order chi connectivity index (χ0) is 4.99. The van der Waals surface area contributed by atoms with Crippen molar-refractivity contribution in [2.45, 2.75) is 0 Å². The molecule has 0 aliphatic rings. The van der Waals surface area contributed by atoms with Gasteiger partial charge in [0.05, 0.1) is 0 Å². The molecule has 0 rings (SSSR count). The molecule has 0 saturated heterocycles. The first-order valence-corrected chi connectivity index (χ1v) is 5.52. The van der Waals surface area contributed by atoms with E-state index in [2.05, 4.69) is 19.3 Å². The van der Waals surface area contributed by atoms with Crippen molar-refractivity contribution in [1.82, 2.24) is 0 Å². The minimum absolute atomic E-state index is 0. The Morgan fingerprint density at radius 2 is 1.78 bits per heavy atom. The second kappa shape index (κ2) is 17.5. The summed E-state index contributed by atoms with van der Waals surface area (Å²) in [4.78, 5) is 0. The molecule has 0 aliphatic carbocycles. The summed E-state index contributed by atoms with van der Waals surface area (Å²) in [6.45, 7) is 2.20. The van der Waals surface area contributed by atoms with Gasteiger partial charge in [0.1, 0.15) is 0 Å². The van der Waals surface area contributed by atoms with Crippen LogP contribution in [0.15, 0.2) is 0 Å². The van der Waals surface area contributed by atoms with Crippen LogP contribution in [0.3, 0.4) is 0 Å². The van der Waals surface area contributed by atoms with E-state index in [1.165, 1.54) is 14.1 Å². The molecule has 0 aliphatic heterocycles. The Bertz CT molecular complexity index is 77.0. The van der Waals surface area contributed by atoms with Crippen LogP contribution < -0.4 is 0 Å². The molecule has 1 unspecified atom stereocenters. The molecule has 0 bridgehead atoms. The largest absolute Gasteiger partial charge is 0.120 e. The molecule has 0 nitrogen and oxygen atoms in total. The first-order chi connectivity index (χ1) is 2.77. The van der Waals surface area contributed by atoms with E-state index < -0.39 is 0 Å². The van der Waals surface area contributed by atoms with Crippen molar-refractivity contribution in [1.29, 1.82) is 0 Å². The van der Waals surface area contributed by atoms with E-state index in [9.17, 15) is 0 Å². The standard InChI is InChI=1S/C4H10P2.W.2Y/c1-5-4-6(2)3;;;/h6H,1-2,4H2,3H3;;;. The maximum atomic E-state index is 3.88. The molecule has 0 aromatic rings. The van der Waals surface area contributed by atoms with Gasteiger partial charge in [0.2, 0.25) is 0 Å². The van der Waals surface area contributed by atoms with Gasteiger partial charge in [0.25, 0.3) is 0 Å². The predicted octanol–water partition coefficient (Wildman–Crippen LogP) is 1.59. The van der Waals surface area contributed by atoms with Gasteiger partial charge < -0.3 is 0 Å². The van der Waals surface area contributed by atoms with Gasteiger partial charge >= 0.3 is 0 Å². The summed E-state index contributed by atoms with van der Waals surface area (Å²) in [6.07, 6.45) is 7.57. The summed E-state index contributed by atoms with van der Waals surface area (Å²) in [5.74, 6) is 1.23. The summed E-state index contributed by atoms with van der Waals surface area (Å²) in [5.41, 5.74) is 0. The minimum atomic E-state index is -0.210. The Hall–Kier alpha value is 3.37. The molecule has 9 heavy (non-hydrogen) atoms. The molecule has 0 aromatic heterocycles. The van der Waals surface area contributed by atoms with Crippen molar-refractivity contribution < 1.29 is 86.5 Å². The van der Waals surface area contributed by atoms with Crippen LogP contribution in [0.4, 0.5) is 0 Å². The van der Waals surface area contributed by atoms with E-state index in [1.54, 1.807) is 0 Å². The second-order valence-corrected chi connectivity index (χ2v) is 4.97. The molecule has 1 atom stereocenters. The maximum absolute atomic E-state index is 3.88. The fourth-order valence-electron chi connectivity index (χ4n) is 0.191. The number of hydrogen-bond donors (Lipinski definition) is 0. The Kier molecular flexibility index (Phi) is 44.3. The fraction of sp³-hybridized carbons (Fsp3) is 0.500. The van der Waals surface area contributed by atoms with Gasteiger partial charge in [-0.3, -0.25) is 0 Å². The van der Waals surface area contributed by atoms with Gasteiger partial charge in [0.15, 0.2) is 0 Å². The molecule has 0 amide bonds. The van der Waals surface area contributed by atoms with Crippen molar-refractivity contribution in [3.05, 3.63) is 0 Å². The minimum Gasteiger partial charge on any atom is -0.120 e. The molecule has 0 aromatic carbocycles. The molecule has 0 saturated carbocycles. The van der Waals surface area contributed by atoms with E-state index in [1.807, 2.05) is 0 Å². The van der Waals surface area contributed by atoms with Crippen molar-refractivity contribution in [2.75, 3.05) is 12.6 Å². The van der Waals surface area contributed by atoms with Crippen LogP contribution in [0.5, 0.6) is 0 Å². The molecule has 48 valence electrons. The predicted molar refractivity (Wildman–Crippen MR) is 40.3 cm³/mol. The molecular formula is C4H10P2WY2. The van der Waals surface area contributed by atoms with Gasteiger partial charge in [-0.05, 0) is 6.66 Å². The molecular weight excluding hydrogens is 472 g/mol. The summed E-state index contributed by atoms with van der Waals surface area (Å²) in [6, 6.07) is 0. The SMILES string of the molecule is C=PC[PH](=C)C.[W].[Y].[Y]. The zero-order valence-corrected chi connectivity index (χ0v) is 16.1. The van der Waals surface area contributed by atoms with Crippen LogP contribution in [0, 0.1) is 0 Å². The molecule has 0 spiro atoms. The van der Waals surface area contributed by atoms with E-state index >= 15 is 0 Å². The monoisotopic (exact) mass is 482 g/mol. The number of rotatable bonds is 2. The van der Waals surface area contributed by atoms with Gasteiger partial charge in [0, 0.05) is 92.4 Å². The van der Waals surface area contributed by atoms with Crippen LogP contribution in [0.25, 0.3) is 0 Å². The quantitative estimate of drug-likeness (QED) is 0.526. The first-order valence-electron chi connectivity index (χ1n) is 1.84. The Labute approximate surface area is 125 Å². The van der Waals surface area contributed by atoms with Crippen LogP contribution in [-0.2, 0) is 86.5 Å². The Morgan fingerprint density at radius 3 is 1.78 bits per heavy atom. The molecule has 0 heterocycles. The van der Waals surface area contributed by atoms with E-state index in [0.29, 0.717) is 0 Å². The van der Waals surface area contributed by atoms with Crippen LogP contribution in [-0.4, -0.2) is 25.2 Å². The third-order valence-electron chi connectivity index (χ3n) is 0.382. The van der Waals surface area contributed by atoms with Gasteiger partial charge in [-0.25, -0.2) is 0 Å². The molecule has 0 fully saturated rings. The van der Waals surface area contributed by atoms with E-state index in [4.69, 9.17) is 0 Å². The molecule has 5 heteroatoms. The van der Waals surface area contributed by atoms with Crippen molar-refractivity contribution >= 4 is 28.3 Å². The average molecular weight is 482 g/mol. The zero-order valence-electron chi connectivity index (χ0n) is 5.63. The smallest absolute Gasteiger partial charge is 0.00571 e. The van der Waals surface area contributed by atoms with Gasteiger partial charge in [-0.1, -0.05) is 6.30 Å². The maximum Gasteiger partial charge on any atom is 0.00571 e. The van der Waals surface area contributed by atoms with Gasteiger partial charge in [-0.2, -0.15) is 0 Å². The fourth-order valence-corrected chi connectivity index (χ4v) is 1.72. The molecule has 2 radical (unpaired) electrons. The normalized spacial score (nSPS) is 9.89. The Morgan fingerprint density at radius 1 is 1.44 bits per heavy atom. The topological polar surface area (TPSA) is 0 Å². The summed E-state index contributed by atoms with van der Waals surface area (Å²) < 4.78 is 0. The summed E-state index contributed by atoms with van der Waals surface area (Å²) in [7, 11) is 1.05. The van der Waals surface area contributed by atoms with Crippen molar-refractivity contribution in [2.24, 2.45) is 0 Å². The third-order valence-corrected chi connectivity index (χ3v) is 3.44. The van der Waals surface area contributed by atoms with Crippen LogP contribution >= 0.6 is 15.7 Å². The van der Waals surface area contributed by atoms with Crippen molar-refractivity contribution in [3.63, 3.8) is 0 Å². The average Bonchev–Trinajstić information content (AvgIpc) is 1.35. The molecule has 0 N–H and O–H groups in total. The number of hydrogen-bond acceptors (Lipinski definition) is 0.